The van der Waals surface area contributed by atoms with Crippen molar-refractivity contribution < 1.29 is 19.4 Å². The summed E-state index contributed by atoms with van der Waals surface area (Å²) < 4.78 is 10.6. The monoisotopic (exact) mass is 301 g/mol. The van der Waals surface area contributed by atoms with E-state index in [1.807, 2.05) is 13.8 Å². The summed E-state index contributed by atoms with van der Waals surface area (Å²) in [5.74, 6) is -0.391. The minimum atomic E-state index is -1.06. The molecule has 0 bridgehead atoms. The van der Waals surface area contributed by atoms with Crippen LogP contribution < -0.4 is 14.8 Å². The first-order valence-corrected chi connectivity index (χ1v) is 6.72. The van der Waals surface area contributed by atoms with Gasteiger partial charge < -0.3 is 19.9 Å². The molecule has 0 radical (unpaired) electrons. The summed E-state index contributed by atoms with van der Waals surface area (Å²) in [4.78, 5) is 10.8. The van der Waals surface area contributed by atoms with Crippen LogP contribution in [-0.4, -0.2) is 30.3 Å². The average Bonchev–Trinajstić information content (AvgIpc) is 2.38. The molecule has 0 aliphatic heterocycles. The van der Waals surface area contributed by atoms with Gasteiger partial charge in [-0.1, -0.05) is 25.4 Å². The van der Waals surface area contributed by atoms with Gasteiger partial charge in [-0.05, 0) is 24.6 Å². The van der Waals surface area contributed by atoms with Gasteiger partial charge in [0.25, 0.3) is 0 Å². The summed E-state index contributed by atoms with van der Waals surface area (Å²) in [6.07, 6.45) is -0.999. The van der Waals surface area contributed by atoms with Crippen LogP contribution in [0.25, 0.3) is 0 Å². The maximum atomic E-state index is 10.8. The molecule has 0 amide bonds. The van der Waals surface area contributed by atoms with E-state index in [-0.39, 0.29) is 5.75 Å². The van der Waals surface area contributed by atoms with Crippen LogP contribution in [0.4, 0.5) is 0 Å². The molecule has 20 heavy (non-hydrogen) atoms. The molecule has 2 N–H and O–H groups in total. The first-order chi connectivity index (χ1) is 9.35. The predicted molar refractivity (Wildman–Crippen MR) is 77.7 cm³/mol. The lowest BCUT2D eigenvalue weighted by Gasteiger charge is -2.17. The lowest BCUT2D eigenvalue weighted by Crippen LogP contribution is -2.24. The zero-order valence-corrected chi connectivity index (χ0v) is 12.8. The van der Waals surface area contributed by atoms with E-state index in [2.05, 4.69) is 5.32 Å². The zero-order chi connectivity index (χ0) is 15.3. The van der Waals surface area contributed by atoms with Crippen LogP contribution in [-0.2, 0) is 11.3 Å². The van der Waals surface area contributed by atoms with Crippen LogP contribution in [0, 0.1) is 0 Å². The number of carbonyl (C=O) groups is 1. The standard InChI is InChI=1S/C14H20ClNO4/c1-8(2)16-7-10-5-11(15)13(12(6-10)19-4)20-9(3)14(17)18/h5-6,8-9,16H,7H2,1-4H3,(H,17,18). The minimum absolute atomic E-state index is 0.248. The molecule has 1 rings (SSSR count). The Balaban J connectivity index is 2.98. The van der Waals surface area contributed by atoms with Crippen molar-refractivity contribution in [2.75, 3.05) is 7.11 Å². The first kappa shape index (κ1) is 16.6. The molecule has 0 heterocycles. The molecular weight excluding hydrogens is 282 g/mol. The van der Waals surface area contributed by atoms with Crippen LogP contribution in [0.1, 0.15) is 26.3 Å². The van der Waals surface area contributed by atoms with E-state index in [1.165, 1.54) is 14.0 Å². The summed E-state index contributed by atoms with van der Waals surface area (Å²) in [6.45, 7) is 6.17. The normalized spacial score (nSPS) is 12.3. The van der Waals surface area contributed by atoms with Crippen molar-refractivity contribution in [3.63, 3.8) is 0 Å². The van der Waals surface area contributed by atoms with Crippen molar-refractivity contribution >= 4 is 17.6 Å². The van der Waals surface area contributed by atoms with Gasteiger partial charge in [-0.2, -0.15) is 0 Å². The third-order valence-corrected chi connectivity index (χ3v) is 2.93. The Morgan fingerprint density at radius 2 is 2.05 bits per heavy atom. The van der Waals surface area contributed by atoms with E-state index in [0.717, 1.165) is 5.56 Å². The van der Waals surface area contributed by atoms with E-state index in [0.29, 0.717) is 23.4 Å². The Morgan fingerprint density at radius 3 is 2.55 bits per heavy atom. The van der Waals surface area contributed by atoms with Gasteiger partial charge in [-0.25, -0.2) is 4.79 Å². The van der Waals surface area contributed by atoms with E-state index in [1.54, 1.807) is 12.1 Å². The van der Waals surface area contributed by atoms with Crippen molar-refractivity contribution in [2.24, 2.45) is 0 Å². The highest BCUT2D eigenvalue weighted by molar-refractivity contribution is 6.32. The molecule has 6 heteroatoms. The molecule has 0 aliphatic carbocycles. The van der Waals surface area contributed by atoms with Gasteiger partial charge in [0.15, 0.2) is 17.6 Å². The topological polar surface area (TPSA) is 67.8 Å². The SMILES string of the molecule is COc1cc(CNC(C)C)cc(Cl)c1OC(C)C(=O)O. The van der Waals surface area contributed by atoms with E-state index >= 15 is 0 Å². The highest BCUT2D eigenvalue weighted by Crippen LogP contribution is 2.37. The molecule has 0 spiro atoms. The summed E-state index contributed by atoms with van der Waals surface area (Å²) in [5.41, 5.74) is 0.941. The highest BCUT2D eigenvalue weighted by atomic mass is 35.5. The van der Waals surface area contributed by atoms with Crippen LogP contribution in [0.5, 0.6) is 11.5 Å². The first-order valence-electron chi connectivity index (χ1n) is 6.34. The maximum absolute atomic E-state index is 10.8. The van der Waals surface area contributed by atoms with Crippen LogP contribution in [0.15, 0.2) is 12.1 Å². The quantitative estimate of drug-likeness (QED) is 0.810. The van der Waals surface area contributed by atoms with Crippen molar-refractivity contribution in [2.45, 2.75) is 39.5 Å². The molecule has 112 valence electrons. The fraction of sp³-hybridized carbons (Fsp3) is 0.500. The highest BCUT2D eigenvalue weighted by Gasteiger charge is 2.19. The van der Waals surface area contributed by atoms with Gasteiger partial charge in [-0.3, -0.25) is 0 Å². The third-order valence-electron chi connectivity index (χ3n) is 2.65. The van der Waals surface area contributed by atoms with Crippen LogP contribution >= 0.6 is 11.6 Å². The molecule has 0 aromatic heterocycles. The Bertz CT molecular complexity index is 476. The number of nitrogens with one attached hydrogen (secondary N) is 1. The second kappa shape index (κ2) is 7.36. The Morgan fingerprint density at radius 1 is 1.40 bits per heavy atom. The van der Waals surface area contributed by atoms with Crippen molar-refractivity contribution in [3.8, 4) is 11.5 Å². The van der Waals surface area contributed by atoms with Crippen molar-refractivity contribution in [1.29, 1.82) is 0 Å². The number of aliphatic carboxylic acids is 1. The number of carboxylic acid groups (broad SMARTS) is 1. The largest absolute Gasteiger partial charge is 0.493 e. The van der Waals surface area contributed by atoms with E-state index in [9.17, 15) is 4.79 Å². The number of rotatable bonds is 7. The number of hydrogen-bond acceptors (Lipinski definition) is 4. The van der Waals surface area contributed by atoms with Gasteiger partial charge in [0.2, 0.25) is 0 Å². The summed E-state index contributed by atoms with van der Waals surface area (Å²) in [6, 6.07) is 3.87. The van der Waals surface area contributed by atoms with Crippen molar-refractivity contribution in [3.05, 3.63) is 22.7 Å². The smallest absolute Gasteiger partial charge is 0.344 e. The fourth-order valence-electron chi connectivity index (χ4n) is 1.54. The second-order valence-corrected chi connectivity index (χ2v) is 5.15. The van der Waals surface area contributed by atoms with Gasteiger partial charge in [0.1, 0.15) is 0 Å². The molecule has 1 unspecified atom stereocenters. The minimum Gasteiger partial charge on any atom is -0.493 e. The number of halogens is 1. The number of carboxylic acids is 1. The van der Waals surface area contributed by atoms with Gasteiger partial charge in [0.05, 0.1) is 12.1 Å². The molecule has 1 atom stereocenters. The summed E-state index contributed by atoms with van der Waals surface area (Å²) >= 11 is 6.15. The van der Waals surface area contributed by atoms with E-state index in [4.69, 9.17) is 26.2 Å². The average molecular weight is 302 g/mol. The van der Waals surface area contributed by atoms with Gasteiger partial charge in [-0.15, -0.1) is 0 Å². The Kier molecular flexibility index (Phi) is 6.10. The molecule has 0 saturated carbocycles. The zero-order valence-electron chi connectivity index (χ0n) is 12.1. The summed E-state index contributed by atoms with van der Waals surface area (Å²) in [5, 5.41) is 12.5. The molecular formula is C14H20ClNO4. The Hall–Kier alpha value is -1.46. The maximum Gasteiger partial charge on any atom is 0.344 e. The second-order valence-electron chi connectivity index (χ2n) is 4.74. The summed E-state index contributed by atoms with van der Waals surface area (Å²) in [7, 11) is 1.49. The molecule has 5 nitrogen and oxygen atoms in total. The Labute approximate surface area is 123 Å². The number of benzene rings is 1. The van der Waals surface area contributed by atoms with Gasteiger partial charge >= 0.3 is 5.97 Å². The van der Waals surface area contributed by atoms with Gasteiger partial charge in [0, 0.05) is 12.6 Å². The lowest BCUT2D eigenvalue weighted by molar-refractivity contribution is -0.144. The van der Waals surface area contributed by atoms with Crippen molar-refractivity contribution in [1.82, 2.24) is 5.32 Å². The van der Waals surface area contributed by atoms with Crippen LogP contribution in [0.3, 0.4) is 0 Å². The molecule has 1 aromatic carbocycles. The van der Waals surface area contributed by atoms with Crippen LogP contribution in [0.2, 0.25) is 5.02 Å². The number of ether oxygens (including phenoxy) is 2. The fourth-order valence-corrected chi connectivity index (χ4v) is 1.82. The predicted octanol–water partition coefficient (Wildman–Crippen LogP) is 2.70. The molecule has 0 fully saturated rings. The number of hydrogen-bond donors (Lipinski definition) is 2. The molecule has 0 aliphatic rings. The molecule has 0 saturated heterocycles. The molecule has 1 aromatic rings. The van der Waals surface area contributed by atoms with E-state index < -0.39 is 12.1 Å². The third kappa shape index (κ3) is 4.58. The number of methoxy groups -OCH3 is 1. The lowest BCUT2D eigenvalue weighted by atomic mass is 10.2.